The molecule has 3 heteroatoms. The van der Waals surface area contributed by atoms with Gasteiger partial charge in [-0.3, -0.25) is 0 Å². The Hall–Kier alpha value is 0.210. The second-order valence-corrected chi connectivity index (χ2v) is 2.13. The fourth-order valence-electron chi connectivity index (χ4n) is 0.548. The normalized spacial score (nSPS) is 42.0. The maximum absolute atomic E-state index is 8.64. The Morgan fingerprint density at radius 2 is 2.43 bits per heavy atom. The average Bonchev–Trinajstić information content (AvgIpc) is 1.91. The molecule has 0 spiro atoms. The van der Waals surface area contributed by atoms with E-state index in [1.807, 2.05) is 0 Å². The quantitative estimate of drug-likeness (QED) is 0.470. The van der Waals surface area contributed by atoms with Crippen LogP contribution in [0.3, 0.4) is 0 Å². The zero-order valence-corrected chi connectivity index (χ0v) is 4.56. The van der Waals surface area contributed by atoms with Crippen molar-refractivity contribution in [3.05, 3.63) is 0 Å². The minimum atomic E-state index is -0.721. The summed E-state index contributed by atoms with van der Waals surface area (Å²) in [6.45, 7) is 0.593. The smallest absolute Gasteiger partial charge is 0.171 e. The first-order valence-corrected chi connectivity index (χ1v) is 2.68. The van der Waals surface area contributed by atoms with E-state index in [1.54, 1.807) is 0 Å². The van der Waals surface area contributed by atoms with E-state index in [9.17, 15) is 0 Å². The lowest BCUT2D eigenvalue weighted by Gasteiger charge is -2.01. The van der Waals surface area contributed by atoms with Gasteiger partial charge in [-0.2, -0.15) is 0 Å². The lowest BCUT2D eigenvalue weighted by molar-refractivity contribution is -0.0570. The molecule has 0 aromatic rings. The number of aliphatic hydroxyl groups excluding tert-OH is 1. The molecule has 1 aliphatic heterocycles. The Bertz CT molecular complexity index is 58.7. The zero-order valence-electron chi connectivity index (χ0n) is 3.80. The fourth-order valence-corrected chi connectivity index (χ4v) is 0.710. The molecule has 2 atom stereocenters. The van der Waals surface area contributed by atoms with Gasteiger partial charge in [0.05, 0.1) is 12.0 Å². The highest BCUT2D eigenvalue weighted by Gasteiger charge is 2.22. The van der Waals surface area contributed by atoms with E-state index >= 15 is 0 Å². The predicted molar refractivity (Wildman–Crippen MR) is 26.2 cm³/mol. The maximum atomic E-state index is 8.64. The van der Waals surface area contributed by atoms with Gasteiger partial charge in [0.2, 0.25) is 0 Å². The fraction of sp³-hybridized carbons (Fsp3) is 1.00. The Labute approximate surface area is 47.0 Å². The van der Waals surface area contributed by atoms with Crippen LogP contribution in [0.1, 0.15) is 6.42 Å². The van der Waals surface area contributed by atoms with Crippen molar-refractivity contribution in [2.45, 2.75) is 18.1 Å². The van der Waals surface area contributed by atoms with Gasteiger partial charge in [-0.1, -0.05) is 0 Å². The molecular weight excluding hydrogens is 115 g/mol. The summed E-state index contributed by atoms with van der Waals surface area (Å²) in [5, 5.41) is 8.46. The molecule has 0 radical (unpaired) electrons. The van der Waals surface area contributed by atoms with Crippen LogP contribution in [0.5, 0.6) is 0 Å². The molecule has 0 unspecified atom stereocenters. The van der Waals surface area contributed by atoms with E-state index in [0.717, 1.165) is 6.42 Å². The number of aliphatic hydroxyl groups is 1. The maximum Gasteiger partial charge on any atom is 0.171 e. The first kappa shape index (κ1) is 5.35. The molecule has 0 saturated carbocycles. The van der Waals surface area contributed by atoms with Crippen molar-refractivity contribution < 1.29 is 9.84 Å². The molecular formula is C4H7ClO2. The number of rotatable bonds is 0. The summed E-state index contributed by atoms with van der Waals surface area (Å²) in [5.74, 6) is 0. The molecule has 2 nitrogen and oxygen atoms in total. The van der Waals surface area contributed by atoms with Crippen molar-refractivity contribution in [2.24, 2.45) is 0 Å². The monoisotopic (exact) mass is 122 g/mol. The van der Waals surface area contributed by atoms with Crippen molar-refractivity contribution in [1.29, 1.82) is 0 Å². The van der Waals surface area contributed by atoms with Crippen LogP contribution in [0.4, 0.5) is 0 Å². The Balaban J connectivity index is 2.33. The van der Waals surface area contributed by atoms with Gasteiger partial charge < -0.3 is 9.84 Å². The van der Waals surface area contributed by atoms with E-state index in [4.69, 9.17) is 16.7 Å². The second-order valence-electron chi connectivity index (χ2n) is 1.57. The van der Waals surface area contributed by atoms with E-state index < -0.39 is 6.29 Å². The number of halogens is 1. The van der Waals surface area contributed by atoms with Crippen LogP contribution in [-0.2, 0) is 4.74 Å². The van der Waals surface area contributed by atoms with Gasteiger partial charge in [0.1, 0.15) is 0 Å². The van der Waals surface area contributed by atoms with E-state index in [-0.39, 0.29) is 5.38 Å². The van der Waals surface area contributed by atoms with Gasteiger partial charge >= 0.3 is 0 Å². The number of hydrogen-bond acceptors (Lipinski definition) is 2. The molecule has 1 rings (SSSR count). The Morgan fingerprint density at radius 1 is 1.71 bits per heavy atom. The molecule has 42 valence electrons. The third-order valence-electron chi connectivity index (χ3n) is 0.992. The van der Waals surface area contributed by atoms with E-state index in [0.29, 0.717) is 6.61 Å². The predicted octanol–water partition coefficient (Wildman–Crippen LogP) is 0.333. The van der Waals surface area contributed by atoms with Crippen LogP contribution >= 0.6 is 11.6 Å². The highest BCUT2D eigenvalue weighted by molar-refractivity contribution is 6.21. The van der Waals surface area contributed by atoms with Crippen molar-refractivity contribution in [1.82, 2.24) is 0 Å². The lowest BCUT2D eigenvalue weighted by Crippen LogP contribution is -2.13. The average molecular weight is 123 g/mol. The van der Waals surface area contributed by atoms with Gasteiger partial charge in [0.25, 0.3) is 0 Å². The number of ether oxygens (including phenoxy) is 1. The molecule has 1 N–H and O–H groups in total. The minimum absolute atomic E-state index is 0.181. The third kappa shape index (κ3) is 1.06. The van der Waals surface area contributed by atoms with Crippen LogP contribution in [0.15, 0.2) is 0 Å². The number of hydrogen-bond donors (Lipinski definition) is 1. The van der Waals surface area contributed by atoms with Crippen LogP contribution in [0, 0.1) is 0 Å². The highest BCUT2D eigenvalue weighted by Crippen LogP contribution is 2.15. The molecule has 1 fully saturated rings. The first-order valence-electron chi connectivity index (χ1n) is 2.24. The van der Waals surface area contributed by atoms with Crippen LogP contribution < -0.4 is 0 Å². The van der Waals surface area contributed by atoms with Crippen LogP contribution in [-0.4, -0.2) is 23.4 Å². The molecule has 0 bridgehead atoms. The lowest BCUT2D eigenvalue weighted by atomic mass is 10.4. The molecule has 1 saturated heterocycles. The molecule has 7 heavy (non-hydrogen) atoms. The van der Waals surface area contributed by atoms with Gasteiger partial charge in [-0.15, -0.1) is 11.6 Å². The van der Waals surface area contributed by atoms with E-state index in [2.05, 4.69) is 4.74 Å². The molecule has 0 aliphatic carbocycles. The summed E-state index contributed by atoms with van der Waals surface area (Å²) in [4.78, 5) is 0. The molecule has 1 aliphatic rings. The molecule has 0 amide bonds. The second kappa shape index (κ2) is 1.99. The van der Waals surface area contributed by atoms with Gasteiger partial charge in [-0.25, -0.2) is 0 Å². The summed E-state index contributed by atoms with van der Waals surface area (Å²) in [6.07, 6.45) is 0.0459. The summed E-state index contributed by atoms with van der Waals surface area (Å²) in [7, 11) is 0. The molecule has 1 heterocycles. The minimum Gasteiger partial charge on any atom is -0.367 e. The highest BCUT2D eigenvalue weighted by atomic mass is 35.5. The van der Waals surface area contributed by atoms with Gasteiger partial charge in [0.15, 0.2) is 6.29 Å². The summed E-state index contributed by atoms with van der Waals surface area (Å²) in [6, 6.07) is 0. The summed E-state index contributed by atoms with van der Waals surface area (Å²) < 4.78 is 4.69. The zero-order chi connectivity index (χ0) is 5.28. The Morgan fingerprint density at radius 3 is 2.57 bits per heavy atom. The summed E-state index contributed by atoms with van der Waals surface area (Å²) >= 11 is 5.49. The molecule has 0 aromatic carbocycles. The van der Waals surface area contributed by atoms with Crippen LogP contribution in [0.2, 0.25) is 0 Å². The van der Waals surface area contributed by atoms with Crippen molar-refractivity contribution in [3.63, 3.8) is 0 Å². The molecule has 0 aromatic heterocycles. The Kier molecular flexibility index (Phi) is 1.52. The van der Waals surface area contributed by atoms with Gasteiger partial charge in [-0.05, 0) is 6.42 Å². The summed E-state index contributed by atoms with van der Waals surface area (Å²) in [5.41, 5.74) is 0. The van der Waals surface area contributed by atoms with Crippen molar-refractivity contribution in [2.75, 3.05) is 6.61 Å². The standard InChI is InChI=1S/C4H7ClO2/c5-3-1-2-7-4(3)6/h3-4,6H,1-2H2/t3-,4-/m0/s1. The van der Waals surface area contributed by atoms with Crippen molar-refractivity contribution in [3.8, 4) is 0 Å². The van der Waals surface area contributed by atoms with E-state index in [1.165, 1.54) is 0 Å². The topological polar surface area (TPSA) is 29.5 Å². The SMILES string of the molecule is O[C@H]1OCC[C@@H]1Cl. The third-order valence-corrected chi connectivity index (χ3v) is 1.43. The van der Waals surface area contributed by atoms with Gasteiger partial charge in [0, 0.05) is 0 Å². The first-order chi connectivity index (χ1) is 3.30. The van der Waals surface area contributed by atoms with Crippen molar-refractivity contribution >= 4 is 11.6 Å². The van der Waals surface area contributed by atoms with Crippen LogP contribution in [0.25, 0.3) is 0 Å². The largest absolute Gasteiger partial charge is 0.367 e. The number of alkyl halides is 1.